The number of hydrogen-bond donors (Lipinski definition) is 0. The van der Waals surface area contributed by atoms with Gasteiger partial charge < -0.3 is 9.80 Å². The first kappa shape index (κ1) is 31.4. The zero-order chi connectivity index (χ0) is 31.4. The van der Waals surface area contributed by atoms with Crippen molar-refractivity contribution in [1.82, 2.24) is 9.80 Å². The van der Waals surface area contributed by atoms with E-state index in [0.717, 1.165) is 42.5 Å². The molecule has 0 N–H and O–H groups in total. The van der Waals surface area contributed by atoms with Crippen LogP contribution in [0.1, 0.15) is 52.6 Å². The maximum absolute atomic E-state index is 14.3. The molecule has 1 fully saturated rings. The molecule has 0 aromatic heterocycles. The van der Waals surface area contributed by atoms with Crippen molar-refractivity contribution >= 4 is 33.2 Å². The third-order valence-corrected chi connectivity index (χ3v) is 9.58. The van der Waals surface area contributed by atoms with Crippen molar-refractivity contribution in [2.75, 3.05) is 39.5 Å². The lowest BCUT2D eigenvalue weighted by atomic mass is 9.88. The number of rotatable bonds is 10. The largest absolute Gasteiger partial charge is 0.341 e. The first-order valence-electron chi connectivity index (χ1n) is 14.6. The lowest BCUT2D eigenvalue weighted by Crippen LogP contribution is -2.36. The monoisotopic (exact) mass is 619 g/mol. The normalized spacial score (nSPS) is 15.6. The highest BCUT2D eigenvalue weighted by Gasteiger charge is 2.26. The molecule has 10 heteroatoms. The number of nitrogens with zero attached hydrogens (tertiary/aromatic N) is 3. The highest BCUT2D eigenvalue weighted by atomic mass is 32.2. The summed E-state index contributed by atoms with van der Waals surface area (Å²) in [6.07, 6.45) is 4.14. The third-order valence-electron chi connectivity index (χ3n) is 8.59. The number of non-ortho nitro benzene ring substituents is 1. The summed E-state index contributed by atoms with van der Waals surface area (Å²) in [5, 5.41) is 12.8. The van der Waals surface area contributed by atoms with Crippen LogP contribution in [0.15, 0.2) is 83.8 Å². The van der Waals surface area contributed by atoms with Gasteiger partial charge in [-0.15, -0.1) is 0 Å². The van der Waals surface area contributed by atoms with Crippen molar-refractivity contribution < 1.29 is 22.7 Å². The number of halogens is 2. The number of fused-ring (bicyclic) bond motifs is 1. The molecule has 0 spiro atoms. The molecule has 5 rings (SSSR count). The Labute approximate surface area is 258 Å². The minimum atomic E-state index is -1.06. The van der Waals surface area contributed by atoms with Crippen LogP contribution in [0.3, 0.4) is 0 Å². The van der Waals surface area contributed by atoms with E-state index in [1.165, 1.54) is 23.1 Å². The molecule has 1 heterocycles. The Kier molecular flexibility index (Phi) is 9.80. The first-order chi connectivity index (χ1) is 21.1. The molecule has 0 aliphatic carbocycles. The van der Waals surface area contributed by atoms with E-state index in [4.69, 9.17) is 0 Å². The van der Waals surface area contributed by atoms with E-state index in [9.17, 15) is 27.9 Å². The van der Waals surface area contributed by atoms with Crippen molar-refractivity contribution in [2.45, 2.75) is 36.0 Å². The van der Waals surface area contributed by atoms with Gasteiger partial charge in [-0.1, -0.05) is 48.5 Å². The lowest BCUT2D eigenvalue weighted by molar-refractivity contribution is -0.384. The molecule has 2 atom stereocenters. The van der Waals surface area contributed by atoms with Crippen LogP contribution < -0.4 is 0 Å². The summed E-state index contributed by atoms with van der Waals surface area (Å²) in [7, 11) is 0.571. The van der Waals surface area contributed by atoms with Gasteiger partial charge in [-0.3, -0.25) is 19.1 Å². The highest BCUT2D eigenvalue weighted by Crippen LogP contribution is 2.33. The predicted molar refractivity (Wildman–Crippen MR) is 168 cm³/mol. The van der Waals surface area contributed by atoms with Gasteiger partial charge in [0.25, 0.3) is 11.6 Å². The Bertz CT molecular complexity index is 1710. The quantitative estimate of drug-likeness (QED) is 0.143. The molecule has 4 aromatic carbocycles. The van der Waals surface area contributed by atoms with Crippen molar-refractivity contribution in [2.24, 2.45) is 0 Å². The van der Waals surface area contributed by atoms with Crippen LogP contribution in [0, 0.1) is 21.7 Å². The molecule has 0 radical (unpaired) electrons. The van der Waals surface area contributed by atoms with Crippen molar-refractivity contribution in [1.29, 1.82) is 0 Å². The number of piperidine rings is 1. The van der Waals surface area contributed by atoms with Crippen LogP contribution in [0.4, 0.5) is 14.5 Å². The Morgan fingerprint density at radius 1 is 1.02 bits per heavy atom. The molecule has 4 aromatic rings. The average Bonchev–Trinajstić information content (AvgIpc) is 3.03. The van der Waals surface area contributed by atoms with Gasteiger partial charge in [-0.2, -0.15) is 0 Å². The van der Waals surface area contributed by atoms with E-state index < -0.39 is 27.4 Å². The molecule has 230 valence electrons. The zero-order valence-electron chi connectivity index (χ0n) is 24.7. The topological polar surface area (TPSA) is 83.8 Å². The maximum Gasteiger partial charge on any atom is 0.270 e. The second kappa shape index (κ2) is 13.7. The Morgan fingerprint density at radius 3 is 2.43 bits per heavy atom. The first-order valence-corrected chi connectivity index (χ1v) is 16.2. The fourth-order valence-corrected chi connectivity index (χ4v) is 7.05. The molecule has 1 saturated heterocycles. The number of nitro groups is 1. The number of benzene rings is 4. The van der Waals surface area contributed by atoms with Gasteiger partial charge in [0.2, 0.25) is 0 Å². The van der Waals surface area contributed by atoms with Crippen LogP contribution in [0.5, 0.6) is 0 Å². The Balaban J connectivity index is 1.32. The molecule has 2 unspecified atom stereocenters. The number of carbonyl (C=O) groups excluding carboxylic acids is 1. The van der Waals surface area contributed by atoms with Crippen LogP contribution in [-0.2, 0) is 10.8 Å². The fraction of sp³-hybridized carbons (Fsp3) is 0.324. The molecular formula is C34H35F2N3O4S. The van der Waals surface area contributed by atoms with E-state index in [0.29, 0.717) is 35.2 Å². The fourth-order valence-electron chi connectivity index (χ4n) is 6.21. The maximum atomic E-state index is 14.3. The van der Waals surface area contributed by atoms with E-state index in [-0.39, 0.29) is 29.6 Å². The van der Waals surface area contributed by atoms with Crippen molar-refractivity contribution in [3.63, 3.8) is 0 Å². The van der Waals surface area contributed by atoms with Gasteiger partial charge in [-0.05, 0) is 84.9 Å². The smallest absolute Gasteiger partial charge is 0.270 e. The SMILES string of the molecule is CN(CC(CCN1CCC(c2ccccc2S(C)=O)CC1)c1ccc(F)c(F)c1)C(=O)c1cc([N+](=O)[O-])cc2ccccc12. The minimum Gasteiger partial charge on any atom is -0.341 e. The summed E-state index contributed by atoms with van der Waals surface area (Å²) < 4.78 is 40.4. The van der Waals surface area contributed by atoms with Crippen LogP contribution in [-0.4, -0.2) is 64.3 Å². The number of nitro benzene ring substituents is 1. The molecule has 7 nitrogen and oxygen atoms in total. The summed E-state index contributed by atoms with van der Waals surface area (Å²) in [6.45, 7) is 2.59. The summed E-state index contributed by atoms with van der Waals surface area (Å²) >= 11 is 0. The van der Waals surface area contributed by atoms with E-state index in [1.54, 1.807) is 43.6 Å². The van der Waals surface area contributed by atoms with E-state index >= 15 is 0 Å². The van der Waals surface area contributed by atoms with Gasteiger partial charge in [0.1, 0.15) is 0 Å². The number of hydrogen-bond acceptors (Lipinski definition) is 5. The number of likely N-dealkylation sites (N-methyl/N-ethyl adjacent to an activating group) is 1. The lowest BCUT2D eigenvalue weighted by Gasteiger charge is -2.34. The second-order valence-electron chi connectivity index (χ2n) is 11.4. The number of likely N-dealkylation sites (tertiary alicyclic amines) is 1. The van der Waals surface area contributed by atoms with Crippen LogP contribution in [0.25, 0.3) is 10.8 Å². The zero-order valence-corrected chi connectivity index (χ0v) is 25.6. The van der Waals surface area contributed by atoms with Gasteiger partial charge in [0, 0.05) is 42.8 Å². The van der Waals surface area contributed by atoms with E-state index in [2.05, 4.69) is 11.0 Å². The number of carbonyl (C=O) groups is 1. The highest BCUT2D eigenvalue weighted by molar-refractivity contribution is 7.84. The second-order valence-corrected chi connectivity index (χ2v) is 12.8. The van der Waals surface area contributed by atoms with Gasteiger partial charge in [0.05, 0.1) is 21.3 Å². The van der Waals surface area contributed by atoms with Gasteiger partial charge >= 0.3 is 0 Å². The summed E-state index contributed by atoms with van der Waals surface area (Å²) in [5.74, 6) is -2.24. The average molecular weight is 620 g/mol. The van der Waals surface area contributed by atoms with Crippen molar-refractivity contribution in [3.8, 4) is 0 Å². The number of amides is 1. The molecule has 44 heavy (non-hydrogen) atoms. The van der Waals surface area contributed by atoms with Crippen molar-refractivity contribution in [3.05, 3.63) is 117 Å². The predicted octanol–water partition coefficient (Wildman–Crippen LogP) is 6.89. The van der Waals surface area contributed by atoms with Crippen LogP contribution in [0.2, 0.25) is 0 Å². The van der Waals surface area contributed by atoms with E-state index in [1.807, 2.05) is 18.2 Å². The standard InChI is InChI=1S/C34H35F2N3O4S/c1-37(34(40)30-21-27(39(41)42)19-25-7-3-4-8-28(25)30)22-26(24-11-12-31(35)32(36)20-24)15-18-38-16-13-23(14-17-38)29-9-5-6-10-33(29)44(2)43/h3-12,19-21,23,26H,13-18,22H2,1-2H3. The molecule has 0 saturated carbocycles. The summed E-state index contributed by atoms with van der Waals surface area (Å²) in [5.41, 5.74) is 1.77. The molecule has 0 bridgehead atoms. The molecular weight excluding hydrogens is 584 g/mol. The summed E-state index contributed by atoms with van der Waals surface area (Å²) in [4.78, 5) is 29.5. The Morgan fingerprint density at radius 2 is 1.73 bits per heavy atom. The summed E-state index contributed by atoms with van der Waals surface area (Å²) in [6, 6.07) is 21.5. The molecule has 1 amide bonds. The third kappa shape index (κ3) is 7.03. The Hall–Kier alpha value is -4.02. The van der Waals surface area contributed by atoms with Gasteiger partial charge in [0.15, 0.2) is 11.6 Å². The van der Waals surface area contributed by atoms with Gasteiger partial charge in [-0.25, -0.2) is 8.78 Å². The molecule has 1 aliphatic rings. The molecule has 1 aliphatic heterocycles. The van der Waals surface area contributed by atoms with Crippen LogP contribution >= 0.6 is 0 Å². The minimum absolute atomic E-state index is 0.172.